The number of anilines is 2. The molecule has 0 radical (unpaired) electrons. The topological polar surface area (TPSA) is 121 Å². The van der Waals surface area contributed by atoms with Crippen molar-refractivity contribution in [3.8, 4) is 11.3 Å². The van der Waals surface area contributed by atoms with Gasteiger partial charge in [-0.15, -0.1) is 11.3 Å². The van der Waals surface area contributed by atoms with Gasteiger partial charge in [-0.2, -0.15) is 0 Å². The van der Waals surface area contributed by atoms with Crippen LogP contribution in [0.5, 0.6) is 0 Å². The number of aromatic nitrogens is 1. The van der Waals surface area contributed by atoms with Gasteiger partial charge in [-0.3, -0.25) is 19.3 Å². The van der Waals surface area contributed by atoms with Gasteiger partial charge in [0.1, 0.15) is 11.4 Å². The second-order valence-electron chi connectivity index (χ2n) is 7.89. The van der Waals surface area contributed by atoms with Crippen LogP contribution in [0.4, 0.5) is 20.0 Å². The summed E-state index contributed by atoms with van der Waals surface area (Å²) in [5.41, 5.74) is 0.117. The van der Waals surface area contributed by atoms with E-state index >= 15 is 0 Å². The van der Waals surface area contributed by atoms with Crippen molar-refractivity contribution in [2.75, 3.05) is 17.2 Å². The summed E-state index contributed by atoms with van der Waals surface area (Å²) in [7, 11) is 0. The molecule has 3 N–H and O–H groups in total. The molecular formula is C21H22FN5O4S. The van der Waals surface area contributed by atoms with Gasteiger partial charge in [-0.25, -0.2) is 14.2 Å². The van der Waals surface area contributed by atoms with E-state index in [2.05, 4.69) is 20.9 Å². The lowest BCUT2D eigenvalue weighted by Gasteiger charge is -2.19. The normalized spacial score (nSPS) is 17.0. The van der Waals surface area contributed by atoms with Gasteiger partial charge in [0.2, 0.25) is 11.8 Å². The number of nitrogens with zero attached hydrogens (tertiary/aromatic N) is 2. The molecular weight excluding hydrogens is 437 g/mol. The molecule has 2 aromatic rings. The Morgan fingerprint density at radius 3 is 2.69 bits per heavy atom. The zero-order valence-electron chi connectivity index (χ0n) is 17.4. The van der Waals surface area contributed by atoms with Crippen molar-refractivity contribution in [2.45, 2.75) is 44.6 Å². The van der Waals surface area contributed by atoms with Crippen LogP contribution in [0.2, 0.25) is 0 Å². The van der Waals surface area contributed by atoms with Crippen molar-refractivity contribution in [2.24, 2.45) is 0 Å². The smallest absolute Gasteiger partial charge is 0.325 e. The van der Waals surface area contributed by atoms with Crippen molar-refractivity contribution in [1.82, 2.24) is 15.2 Å². The summed E-state index contributed by atoms with van der Waals surface area (Å²) in [6.07, 6.45) is 2.98. The van der Waals surface area contributed by atoms with E-state index in [9.17, 15) is 23.6 Å². The van der Waals surface area contributed by atoms with Crippen molar-refractivity contribution in [3.63, 3.8) is 0 Å². The number of halogens is 1. The quantitative estimate of drug-likeness (QED) is 0.574. The molecule has 1 aliphatic heterocycles. The first-order valence-electron chi connectivity index (χ1n) is 10.2. The second kappa shape index (κ2) is 8.65. The lowest BCUT2D eigenvalue weighted by Crippen LogP contribution is -2.44. The molecule has 1 aromatic heterocycles. The van der Waals surface area contributed by atoms with E-state index in [4.69, 9.17) is 0 Å². The van der Waals surface area contributed by atoms with Crippen LogP contribution in [0.25, 0.3) is 11.3 Å². The van der Waals surface area contributed by atoms with Crippen LogP contribution < -0.4 is 16.0 Å². The first kappa shape index (κ1) is 21.9. The summed E-state index contributed by atoms with van der Waals surface area (Å²) >= 11 is 1.13. The molecule has 1 saturated heterocycles. The fourth-order valence-electron chi connectivity index (χ4n) is 4.05. The Kier molecular flexibility index (Phi) is 5.92. The summed E-state index contributed by atoms with van der Waals surface area (Å²) in [6.45, 7) is 1.32. The van der Waals surface area contributed by atoms with Crippen LogP contribution in [0.1, 0.15) is 39.0 Å². The lowest BCUT2D eigenvalue weighted by atomic mass is 9.98. The highest BCUT2D eigenvalue weighted by atomic mass is 32.1. The van der Waals surface area contributed by atoms with E-state index in [0.717, 1.165) is 29.1 Å². The summed E-state index contributed by atoms with van der Waals surface area (Å²) < 4.78 is 14.4. The zero-order valence-corrected chi connectivity index (χ0v) is 18.2. The fraction of sp³-hybridized carbons (Fsp3) is 0.381. The highest BCUT2D eigenvalue weighted by Crippen LogP contribution is 2.35. The summed E-state index contributed by atoms with van der Waals surface area (Å²) in [4.78, 5) is 53.6. The molecule has 0 bridgehead atoms. The molecule has 2 aliphatic rings. The number of benzene rings is 1. The number of hydrogen-bond donors (Lipinski definition) is 3. The summed E-state index contributed by atoms with van der Waals surface area (Å²) in [6, 6.07) is 3.80. The Labute approximate surface area is 187 Å². The molecule has 1 aliphatic carbocycles. The second-order valence-corrected chi connectivity index (χ2v) is 8.75. The van der Waals surface area contributed by atoms with Gasteiger partial charge in [0.15, 0.2) is 5.13 Å². The highest BCUT2D eigenvalue weighted by Gasteiger charge is 2.52. The SMILES string of the molecule is CC(=O)Nc1ccc(-c2csc(NC(=O)CCN3C(=O)NC4(CCCC4)C3=O)n2)c(F)c1. The van der Waals surface area contributed by atoms with E-state index in [1.54, 1.807) is 11.4 Å². The van der Waals surface area contributed by atoms with Gasteiger partial charge in [0, 0.05) is 36.5 Å². The third-order valence-corrected chi connectivity index (χ3v) is 6.34. The van der Waals surface area contributed by atoms with Gasteiger partial charge < -0.3 is 16.0 Å². The minimum atomic E-state index is -0.794. The van der Waals surface area contributed by atoms with Gasteiger partial charge >= 0.3 is 6.03 Å². The number of rotatable bonds is 6. The van der Waals surface area contributed by atoms with Gasteiger partial charge in [0.05, 0.1) is 5.69 Å². The Balaban J connectivity index is 1.35. The molecule has 9 nitrogen and oxygen atoms in total. The molecule has 5 amide bonds. The zero-order chi connectivity index (χ0) is 22.9. The van der Waals surface area contributed by atoms with Crippen molar-refractivity contribution in [3.05, 3.63) is 29.4 Å². The predicted molar refractivity (Wildman–Crippen MR) is 117 cm³/mol. The third kappa shape index (κ3) is 4.33. The van der Waals surface area contributed by atoms with E-state index in [1.165, 1.54) is 19.1 Å². The number of hydrogen-bond acceptors (Lipinski definition) is 6. The highest BCUT2D eigenvalue weighted by molar-refractivity contribution is 7.14. The van der Waals surface area contributed by atoms with Crippen molar-refractivity contribution >= 4 is 45.9 Å². The van der Waals surface area contributed by atoms with Crippen LogP contribution in [0.15, 0.2) is 23.6 Å². The standard InChI is InChI=1S/C21H22FN5O4S/c1-12(28)23-13-4-5-14(15(22)10-13)16-11-32-19(24-16)25-17(29)6-9-27-18(30)21(26-20(27)31)7-2-3-8-21/h4-5,10-11H,2-3,6-9H2,1H3,(H,23,28)(H,26,31)(H,24,25,29). The molecule has 2 heterocycles. The number of imide groups is 1. The monoisotopic (exact) mass is 459 g/mol. The third-order valence-electron chi connectivity index (χ3n) is 5.58. The maximum Gasteiger partial charge on any atom is 0.325 e. The molecule has 168 valence electrons. The Morgan fingerprint density at radius 1 is 1.25 bits per heavy atom. The number of thiazole rings is 1. The molecule has 32 heavy (non-hydrogen) atoms. The number of carbonyl (C=O) groups excluding carboxylic acids is 4. The molecule has 0 unspecified atom stereocenters. The molecule has 2 fully saturated rings. The van der Waals surface area contributed by atoms with Crippen LogP contribution in [-0.2, 0) is 14.4 Å². The maximum atomic E-state index is 14.4. The number of nitrogens with one attached hydrogen (secondary N) is 3. The molecule has 1 saturated carbocycles. The molecule has 1 aromatic carbocycles. The molecule has 1 spiro atoms. The Bertz CT molecular complexity index is 1100. The van der Waals surface area contributed by atoms with Crippen LogP contribution in [-0.4, -0.2) is 45.7 Å². The summed E-state index contributed by atoms with van der Waals surface area (Å²) in [5, 5.41) is 9.79. The van der Waals surface area contributed by atoms with Crippen molar-refractivity contribution in [1.29, 1.82) is 0 Å². The average molecular weight is 460 g/mol. The van der Waals surface area contributed by atoms with E-state index in [0.29, 0.717) is 24.2 Å². The number of carbonyl (C=O) groups is 4. The van der Waals surface area contributed by atoms with E-state index in [-0.39, 0.29) is 35.5 Å². The first-order chi connectivity index (χ1) is 15.3. The maximum absolute atomic E-state index is 14.4. The largest absolute Gasteiger partial charge is 0.326 e. The van der Waals surface area contributed by atoms with Crippen molar-refractivity contribution < 1.29 is 23.6 Å². The Morgan fingerprint density at radius 2 is 2.00 bits per heavy atom. The number of urea groups is 1. The van der Waals surface area contributed by atoms with Crippen LogP contribution >= 0.6 is 11.3 Å². The minimum Gasteiger partial charge on any atom is -0.326 e. The molecule has 0 atom stereocenters. The Hall–Kier alpha value is -3.34. The van der Waals surface area contributed by atoms with Gasteiger partial charge in [-0.05, 0) is 31.0 Å². The lowest BCUT2D eigenvalue weighted by molar-refractivity contribution is -0.131. The van der Waals surface area contributed by atoms with Gasteiger partial charge in [0.25, 0.3) is 5.91 Å². The van der Waals surface area contributed by atoms with E-state index in [1.807, 2.05) is 0 Å². The summed E-state index contributed by atoms with van der Waals surface area (Å²) in [5.74, 6) is -1.52. The molecule has 4 rings (SSSR count). The number of amides is 5. The minimum absolute atomic E-state index is 0.0181. The van der Waals surface area contributed by atoms with E-state index < -0.39 is 23.3 Å². The van der Waals surface area contributed by atoms with Gasteiger partial charge in [-0.1, -0.05) is 12.8 Å². The van der Waals surface area contributed by atoms with Crippen LogP contribution in [0, 0.1) is 5.82 Å². The predicted octanol–water partition coefficient (Wildman–Crippen LogP) is 3.10. The fourth-order valence-corrected chi connectivity index (χ4v) is 4.78. The first-order valence-corrected chi connectivity index (χ1v) is 11.1. The van der Waals surface area contributed by atoms with Crippen LogP contribution in [0.3, 0.4) is 0 Å². The molecule has 11 heteroatoms. The average Bonchev–Trinajstić information content (AvgIpc) is 3.42.